The van der Waals surface area contributed by atoms with Gasteiger partial charge in [0.2, 0.25) is 5.91 Å². The topological polar surface area (TPSA) is 53.5 Å². The molecule has 0 aromatic rings. The second-order valence-corrected chi connectivity index (χ2v) is 5.61. The van der Waals surface area contributed by atoms with E-state index in [0.717, 1.165) is 17.3 Å². The van der Waals surface area contributed by atoms with Gasteiger partial charge in [-0.1, -0.05) is 18.7 Å². The Morgan fingerprint density at radius 3 is 3.00 bits per heavy atom. The van der Waals surface area contributed by atoms with Gasteiger partial charge in [-0.05, 0) is 26.7 Å². The molecule has 1 atom stereocenters. The molecule has 0 aromatic heterocycles. The third-order valence-corrected chi connectivity index (χ3v) is 3.96. The fourth-order valence-corrected chi connectivity index (χ4v) is 2.87. The molecule has 17 heavy (non-hydrogen) atoms. The van der Waals surface area contributed by atoms with Crippen LogP contribution in [0.4, 0.5) is 0 Å². The van der Waals surface area contributed by atoms with Gasteiger partial charge >= 0.3 is 0 Å². The van der Waals surface area contributed by atoms with Crippen molar-refractivity contribution in [2.75, 3.05) is 18.8 Å². The zero-order valence-corrected chi connectivity index (χ0v) is 11.8. The highest BCUT2D eigenvalue weighted by Crippen LogP contribution is 2.24. The van der Waals surface area contributed by atoms with Gasteiger partial charge in [0, 0.05) is 24.3 Å². The van der Waals surface area contributed by atoms with Crippen LogP contribution in [-0.4, -0.2) is 35.5 Å². The van der Waals surface area contributed by atoms with E-state index < -0.39 is 0 Å². The number of hydrogen-bond donors (Lipinski definition) is 2. The van der Waals surface area contributed by atoms with Crippen molar-refractivity contribution in [2.45, 2.75) is 45.6 Å². The molecule has 1 amide bonds. The molecule has 1 saturated heterocycles. The van der Waals surface area contributed by atoms with Crippen LogP contribution in [0.25, 0.3) is 0 Å². The molecule has 1 unspecified atom stereocenters. The Balaban J connectivity index is 2.36. The van der Waals surface area contributed by atoms with Crippen molar-refractivity contribution in [3.63, 3.8) is 0 Å². The summed E-state index contributed by atoms with van der Waals surface area (Å²) in [5.74, 6) is 1.19. The molecule has 0 radical (unpaired) electrons. The second-order valence-electron chi connectivity index (χ2n) is 4.53. The van der Waals surface area contributed by atoms with Gasteiger partial charge in [-0.3, -0.25) is 9.79 Å². The van der Waals surface area contributed by atoms with Crippen molar-refractivity contribution >= 4 is 22.8 Å². The predicted molar refractivity (Wildman–Crippen MR) is 74.5 cm³/mol. The number of aliphatic imine (C=N–C) groups is 1. The van der Waals surface area contributed by atoms with E-state index in [1.165, 1.54) is 6.42 Å². The molecular formula is C12H23N3OS. The van der Waals surface area contributed by atoms with Gasteiger partial charge in [-0.15, -0.1) is 0 Å². The highest BCUT2D eigenvalue weighted by Gasteiger charge is 2.27. The van der Waals surface area contributed by atoms with Gasteiger partial charge < -0.3 is 10.6 Å². The normalized spacial score (nSPS) is 26.6. The van der Waals surface area contributed by atoms with E-state index in [9.17, 15) is 4.79 Å². The zero-order chi connectivity index (χ0) is 12.7. The van der Waals surface area contributed by atoms with Crippen molar-refractivity contribution < 1.29 is 4.79 Å². The number of amides is 1. The number of carbonyl (C=O) groups excluding carboxylic acids is 1. The molecule has 0 aromatic carbocycles. The van der Waals surface area contributed by atoms with E-state index in [2.05, 4.69) is 29.5 Å². The van der Waals surface area contributed by atoms with Gasteiger partial charge in [-0.2, -0.15) is 0 Å². The molecule has 5 heteroatoms. The van der Waals surface area contributed by atoms with Gasteiger partial charge in [0.1, 0.15) is 0 Å². The molecule has 1 aliphatic rings. The Morgan fingerprint density at radius 2 is 2.35 bits per heavy atom. The van der Waals surface area contributed by atoms with Crippen LogP contribution >= 0.6 is 11.8 Å². The molecule has 0 saturated carbocycles. The van der Waals surface area contributed by atoms with Crippen molar-refractivity contribution in [2.24, 2.45) is 4.99 Å². The van der Waals surface area contributed by atoms with Crippen LogP contribution in [0.3, 0.4) is 0 Å². The van der Waals surface area contributed by atoms with Crippen LogP contribution in [0.1, 0.15) is 40.0 Å². The molecule has 0 bridgehead atoms. The van der Waals surface area contributed by atoms with Gasteiger partial charge in [0.05, 0.1) is 6.54 Å². The third kappa shape index (κ3) is 4.98. The summed E-state index contributed by atoms with van der Waals surface area (Å²) in [6.45, 7) is 7.60. The number of nitrogens with zero attached hydrogens (tertiary/aromatic N) is 1. The lowest BCUT2D eigenvalue weighted by molar-refractivity contribution is -0.120. The van der Waals surface area contributed by atoms with E-state index in [-0.39, 0.29) is 11.4 Å². The zero-order valence-electron chi connectivity index (χ0n) is 11.0. The predicted octanol–water partition coefficient (Wildman–Crippen LogP) is 1.76. The number of rotatable bonds is 5. The number of nitrogens with one attached hydrogen (secondary N) is 2. The fourth-order valence-electron chi connectivity index (χ4n) is 1.62. The second kappa shape index (κ2) is 6.89. The SMILES string of the molecule is CCNC(=O)CCN=C1NC(C)(CC)CCS1. The molecule has 98 valence electrons. The molecule has 1 heterocycles. The Hall–Kier alpha value is -0.710. The highest BCUT2D eigenvalue weighted by molar-refractivity contribution is 8.13. The van der Waals surface area contributed by atoms with Crippen LogP contribution in [0.2, 0.25) is 0 Å². The number of carbonyl (C=O) groups is 1. The van der Waals surface area contributed by atoms with Gasteiger partial charge in [0.25, 0.3) is 0 Å². The highest BCUT2D eigenvalue weighted by atomic mass is 32.2. The summed E-state index contributed by atoms with van der Waals surface area (Å²) in [6.07, 6.45) is 2.74. The summed E-state index contributed by atoms with van der Waals surface area (Å²) >= 11 is 1.75. The number of thioether (sulfide) groups is 1. The Morgan fingerprint density at radius 1 is 1.59 bits per heavy atom. The van der Waals surface area contributed by atoms with Crippen LogP contribution < -0.4 is 10.6 Å². The van der Waals surface area contributed by atoms with Crippen LogP contribution in [0, 0.1) is 0 Å². The molecule has 1 aliphatic heterocycles. The van der Waals surface area contributed by atoms with E-state index in [4.69, 9.17) is 0 Å². The molecule has 1 rings (SSSR count). The van der Waals surface area contributed by atoms with E-state index >= 15 is 0 Å². The summed E-state index contributed by atoms with van der Waals surface area (Å²) in [6, 6.07) is 0. The molecule has 4 nitrogen and oxygen atoms in total. The molecule has 2 N–H and O–H groups in total. The fraction of sp³-hybridized carbons (Fsp3) is 0.833. The summed E-state index contributed by atoms with van der Waals surface area (Å²) in [4.78, 5) is 15.7. The third-order valence-electron chi connectivity index (χ3n) is 3.05. The monoisotopic (exact) mass is 257 g/mol. The minimum Gasteiger partial charge on any atom is -0.360 e. The first-order valence-electron chi connectivity index (χ1n) is 6.32. The van der Waals surface area contributed by atoms with Crippen molar-refractivity contribution in [3.05, 3.63) is 0 Å². The Labute approximate surface area is 108 Å². The lowest BCUT2D eigenvalue weighted by Gasteiger charge is -2.35. The Bertz CT molecular complexity index is 293. The quantitative estimate of drug-likeness (QED) is 0.789. The molecule has 0 spiro atoms. The lowest BCUT2D eigenvalue weighted by Crippen LogP contribution is -2.48. The van der Waals surface area contributed by atoms with Gasteiger partial charge in [-0.25, -0.2) is 0 Å². The van der Waals surface area contributed by atoms with Crippen molar-refractivity contribution in [1.29, 1.82) is 0 Å². The summed E-state index contributed by atoms with van der Waals surface area (Å²) in [7, 11) is 0. The first-order valence-corrected chi connectivity index (χ1v) is 7.30. The van der Waals surface area contributed by atoms with E-state index in [1.807, 2.05) is 6.92 Å². The minimum atomic E-state index is 0.0795. The van der Waals surface area contributed by atoms with Crippen molar-refractivity contribution in [1.82, 2.24) is 10.6 Å². The first-order chi connectivity index (χ1) is 8.09. The average Bonchev–Trinajstić information content (AvgIpc) is 2.30. The maximum absolute atomic E-state index is 11.3. The number of hydrogen-bond acceptors (Lipinski definition) is 3. The van der Waals surface area contributed by atoms with Crippen LogP contribution in [0.5, 0.6) is 0 Å². The van der Waals surface area contributed by atoms with E-state index in [0.29, 0.717) is 19.5 Å². The molecule has 0 aliphatic carbocycles. The lowest BCUT2D eigenvalue weighted by atomic mass is 9.96. The number of amidine groups is 1. The van der Waals surface area contributed by atoms with Crippen LogP contribution in [-0.2, 0) is 4.79 Å². The smallest absolute Gasteiger partial charge is 0.221 e. The maximum atomic E-state index is 11.3. The van der Waals surface area contributed by atoms with Crippen LogP contribution in [0.15, 0.2) is 4.99 Å². The standard InChI is InChI=1S/C12H23N3OS/c1-4-12(3)7-9-17-11(15-12)14-8-6-10(16)13-5-2/h4-9H2,1-3H3,(H,13,16)(H,14,15). The molecule has 1 fully saturated rings. The largest absolute Gasteiger partial charge is 0.360 e. The maximum Gasteiger partial charge on any atom is 0.221 e. The summed E-state index contributed by atoms with van der Waals surface area (Å²) in [5.41, 5.74) is 0.176. The molecular weight excluding hydrogens is 234 g/mol. The summed E-state index contributed by atoms with van der Waals surface area (Å²) in [5, 5.41) is 7.23. The van der Waals surface area contributed by atoms with Gasteiger partial charge in [0.15, 0.2) is 5.17 Å². The minimum absolute atomic E-state index is 0.0795. The van der Waals surface area contributed by atoms with E-state index in [1.54, 1.807) is 11.8 Å². The summed E-state index contributed by atoms with van der Waals surface area (Å²) < 4.78 is 0. The first kappa shape index (κ1) is 14.4. The van der Waals surface area contributed by atoms with Crippen molar-refractivity contribution in [3.8, 4) is 0 Å². The average molecular weight is 257 g/mol. The Kier molecular flexibility index (Phi) is 5.82.